The summed E-state index contributed by atoms with van der Waals surface area (Å²) in [5.74, 6) is 1.28. The Morgan fingerprint density at radius 3 is 2.61 bits per heavy atom. The molecule has 6 nitrogen and oxygen atoms in total. The standard InChI is InChI=1S/C25H29N3O3/c1-30-18-10-11-20(24(16-18)31-2)23-17-21(19-8-4-5-9-22(19)27-23)25(29)26-12-15-28-13-6-3-7-14-28/h4-5,8-11,16-17H,3,6-7,12-15H2,1-2H3,(H,26,29). The minimum absolute atomic E-state index is 0.0793. The van der Waals surface area contributed by atoms with E-state index in [4.69, 9.17) is 14.5 Å². The number of pyridine rings is 1. The number of amides is 1. The lowest BCUT2D eigenvalue weighted by atomic mass is 10.0. The maximum absolute atomic E-state index is 13.1. The maximum atomic E-state index is 13.1. The third-order valence-electron chi connectivity index (χ3n) is 5.81. The third kappa shape index (κ3) is 4.80. The molecule has 0 radical (unpaired) electrons. The number of hydrogen-bond acceptors (Lipinski definition) is 5. The van der Waals surface area contributed by atoms with Crippen LogP contribution >= 0.6 is 0 Å². The van der Waals surface area contributed by atoms with Gasteiger partial charge in [0.05, 0.1) is 31.0 Å². The summed E-state index contributed by atoms with van der Waals surface area (Å²) in [5.41, 5.74) is 2.91. The van der Waals surface area contributed by atoms with Gasteiger partial charge in [-0.3, -0.25) is 4.79 Å². The molecule has 1 N–H and O–H groups in total. The van der Waals surface area contributed by atoms with E-state index in [0.717, 1.165) is 36.1 Å². The van der Waals surface area contributed by atoms with Crippen molar-refractivity contribution in [3.8, 4) is 22.8 Å². The number of para-hydroxylation sites is 1. The van der Waals surface area contributed by atoms with E-state index in [0.29, 0.717) is 29.3 Å². The summed E-state index contributed by atoms with van der Waals surface area (Å²) in [6, 6.07) is 15.2. The second kappa shape index (κ2) is 9.79. The Bertz CT molecular complexity index is 1060. The quantitative estimate of drug-likeness (QED) is 0.624. The predicted octanol–water partition coefficient (Wildman–Crippen LogP) is 4.13. The number of methoxy groups -OCH3 is 2. The van der Waals surface area contributed by atoms with Gasteiger partial charge < -0.3 is 19.7 Å². The van der Waals surface area contributed by atoms with Crippen LogP contribution in [-0.4, -0.2) is 56.2 Å². The number of aromatic nitrogens is 1. The number of hydrogen-bond donors (Lipinski definition) is 1. The third-order valence-corrected chi connectivity index (χ3v) is 5.81. The molecular formula is C25H29N3O3. The molecule has 0 bridgehead atoms. The molecule has 1 fully saturated rings. The fourth-order valence-electron chi connectivity index (χ4n) is 4.12. The molecule has 0 atom stereocenters. The van der Waals surface area contributed by atoms with Crippen LogP contribution in [0.2, 0.25) is 0 Å². The zero-order valence-corrected chi connectivity index (χ0v) is 18.2. The van der Waals surface area contributed by atoms with Crippen LogP contribution in [0.1, 0.15) is 29.6 Å². The summed E-state index contributed by atoms with van der Waals surface area (Å²) < 4.78 is 10.9. The van der Waals surface area contributed by atoms with Gasteiger partial charge in [0.2, 0.25) is 0 Å². The van der Waals surface area contributed by atoms with Gasteiger partial charge >= 0.3 is 0 Å². The van der Waals surface area contributed by atoms with Gasteiger partial charge in [0.15, 0.2) is 0 Å². The number of nitrogens with one attached hydrogen (secondary N) is 1. The van der Waals surface area contributed by atoms with Crippen LogP contribution in [0.15, 0.2) is 48.5 Å². The van der Waals surface area contributed by atoms with Crippen molar-refractivity contribution in [2.24, 2.45) is 0 Å². The molecule has 0 spiro atoms. The lowest BCUT2D eigenvalue weighted by molar-refractivity contribution is 0.0948. The van der Waals surface area contributed by atoms with Gasteiger partial charge in [0.1, 0.15) is 11.5 Å². The largest absolute Gasteiger partial charge is 0.497 e. The molecule has 1 aliphatic heterocycles. The highest BCUT2D eigenvalue weighted by molar-refractivity contribution is 6.07. The molecule has 6 heteroatoms. The Morgan fingerprint density at radius 1 is 1.03 bits per heavy atom. The maximum Gasteiger partial charge on any atom is 0.252 e. The monoisotopic (exact) mass is 419 g/mol. The van der Waals surface area contributed by atoms with E-state index in [9.17, 15) is 4.79 Å². The summed E-state index contributed by atoms with van der Waals surface area (Å²) in [6.07, 6.45) is 3.80. The van der Waals surface area contributed by atoms with Crippen LogP contribution in [0.25, 0.3) is 22.2 Å². The Kier molecular flexibility index (Phi) is 6.67. The van der Waals surface area contributed by atoms with E-state index in [1.165, 1.54) is 19.3 Å². The molecule has 2 aromatic carbocycles. The minimum atomic E-state index is -0.0793. The van der Waals surface area contributed by atoms with E-state index >= 15 is 0 Å². The average Bonchev–Trinajstić information content (AvgIpc) is 2.83. The molecular weight excluding hydrogens is 390 g/mol. The average molecular weight is 420 g/mol. The van der Waals surface area contributed by atoms with Gasteiger partial charge in [0, 0.05) is 30.1 Å². The molecule has 162 valence electrons. The molecule has 4 rings (SSSR count). The number of fused-ring (bicyclic) bond motifs is 1. The van der Waals surface area contributed by atoms with Crippen molar-refractivity contribution >= 4 is 16.8 Å². The fraction of sp³-hybridized carbons (Fsp3) is 0.360. The summed E-state index contributed by atoms with van der Waals surface area (Å²) >= 11 is 0. The highest BCUT2D eigenvalue weighted by atomic mass is 16.5. The molecule has 1 aliphatic rings. The highest BCUT2D eigenvalue weighted by Gasteiger charge is 2.17. The Labute approximate surface area is 183 Å². The molecule has 3 aromatic rings. The number of benzene rings is 2. The topological polar surface area (TPSA) is 63.7 Å². The van der Waals surface area contributed by atoms with Crippen molar-refractivity contribution < 1.29 is 14.3 Å². The van der Waals surface area contributed by atoms with Crippen LogP contribution < -0.4 is 14.8 Å². The van der Waals surface area contributed by atoms with Crippen LogP contribution in [0.3, 0.4) is 0 Å². The van der Waals surface area contributed by atoms with Gasteiger partial charge in [-0.2, -0.15) is 0 Å². The molecule has 31 heavy (non-hydrogen) atoms. The van der Waals surface area contributed by atoms with Gasteiger partial charge in [-0.25, -0.2) is 4.98 Å². The molecule has 0 unspecified atom stereocenters. The fourth-order valence-corrected chi connectivity index (χ4v) is 4.12. The molecule has 1 aromatic heterocycles. The van der Waals surface area contributed by atoms with E-state index in [2.05, 4.69) is 10.2 Å². The number of likely N-dealkylation sites (tertiary alicyclic amines) is 1. The number of piperidine rings is 1. The number of carbonyl (C=O) groups is 1. The van der Waals surface area contributed by atoms with Gasteiger partial charge in [-0.1, -0.05) is 24.6 Å². The molecule has 0 aliphatic carbocycles. The predicted molar refractivity (Wildman–Crippen MR) is 123 cm³/mol. The Morgan fingerprint density at radius 2 is 1.84 bits per heavy atom. The number of rotatable bonds is 7. The van der Waals surface area contributed by atoms with Crippen LogP contribution in [-0.2, 0) is 0 Å². The van der Waals surface area contributed by atoms with E-state index in [1.54, 1.807) is 14.2 Å². The normalized spacial score (nSPS) is 14.4. The first kappa shape index (κ1) is 21.1. The first-order valence-electron chi connectivity index (χ1n) is 10.8. The summed E-state index contributed by atoms with van der Waals surface area (Å²) in [6.45, 7) is 3.76. The smallest absolute Gasteiger partial charge is 0.252 e. The molecule has 2 heterocycles. The van der Waals surface area contributed by atoms with Crippen molar-refractivity contribution in [1.82, 2.24) is 15.2 Å². The Balaban J connectivity index is 1.63. The first-order valence-corrected chi connectivity index (χ1v) is 10.8. The number of nitrogens with zero attached hydrogens (tertiary/aromatic N) is 2. The van der Waals surface area contributed by atoms with Crippen LogP contribution in [0.4, 0.5) is 0 Å². The van der Waals surface area contributed by atoms with Crippen LogP contribution in [0, 0.1) is 0 Å². The van der Waals surface area contributed by atoms with E-state index in [-0.39, 0.29) is 5.91 Å². The van der Waals surface area contributed by atoms with Gasteiger partial charge in [-0.15, -0.1) is 0 Å². The van der Waals surface area contributed by atoms with Gasteiger partial charge in [0.25, 0.3) is 5.91 Å². The minimum Gasteiger partial charge on any atom is -0.497 e. The summed E-state index contributed by atoms with van der Waals surface area (Å²) in [5, 5.41) is 3.95. The van der Waals surface area contributed by atoms with Crippen molar-refractivity contribution in [3.05, 3.63) is 54.1 Å². The molecule has 1 amide bonds. The zero-order chi connectivity index (χ0) is 21.6. The zero-order valence-electron chi connectivity index (χ0n) is 18.2. The van der Waals surface area contributed by atoms with Crippen molar-refractivity contribution in [2.45, 2.75) is 19.3 Å². The van der Waals surface area contributed by atoms with E-state index in [1.807, 2.05) is 48.5 Å². The number of ether oxygens (including phenoxy) is 2. The van der Waals surface area contributed by atoms with Gasteiger partial charge in [-0.05, 0) is 50.2 Å². The van der Waals surface area contributed by atoms with Crippen molar-refractivity contribution in [3.63, 3.8) is 0 Å². The van der Waals surface area contributed by atoms with E-state index < -0.39 is 0 Å². The molecule has 0 saturated carbocycles. The SMILES string of the molecule is COc1ccc(-c2cc(C(=O)NCCN3CCCCC3)c3ccccc3n2)c(OC)c1. The Hall–Kier alpha value is -3.12. The van der Waals surface area contributed by atoms with Crippen LogP contribution in [0.5, 0.6) is 11.5 Å². The number of carbonyl (C=O) groups excluding carboxylic acids is 1. The second-order valence-electron chi connectivity index (χ2n) is 7.80. The van der Waals surface area contributed by atoms with Crippen molar-refractivity contribution in [1.29, 1.82) is 0 Å². The second-order valence-corrected chi connectivity index (χ2v) is 7.80. The van der Waals surface area contributed by atoms with Crippen molar-refractivity contribution in [2.75, 3.05) is 40.4 Å². The first-order chi connectivity index (χ1) is 15.2. The summed E-state index contributed by atoms with van der Waals surface area (Å²) in [4.78, 5) is 20.3. The lowest BCUT2D eigenvalue weighted by Crippen LogP contribution is -2.37. The lowest BCUT2D eigenvalue weighted by Gasteiger charge is -2.26. The highest BCUT2D eigenvalue weighted by Crippen LogP contribution is 2.34. The summed E-state index contributed by atoms with van der Waals surface area (Å²) in [7, 11) is 3.24. The molecule has 1 saturated heterocycles.